The number of aryl methyl sites for hydroxylation is 1. The summed E-state index contributed by atoms with van der Waals surface area (Å²) in [6.07, 6.45) is 1.68. The van der Waals surface area contributed by atoms with Gasteiger partial charge in [-0.25, -0.2) is 0 Å². The molecule has 0 fully saturated rings. The van der Waals surface area contributed by atoms with Crippen molar-refractivity contribution in [3.63, 3.8) is 0 Å². The lowest BCUT2D eigenvalue weighted by molar-refractivity contribution is 0.483. The summed E-state index contributed by atoms with van der Waals surface area (Å²) < 4.78 is 5.23. The van der Waals surface area contributed by atoms with Gasteiger partial charge in [0.1, 0.15) is 5.76 Å². The van der Waals surface area contributed by atoms with E-state index in [0.717, 1.165) is 35.0 Å². The molecule has 0 spiro atoms. The monoisotopic (exact) mass is 235 g/mol. The summed E-state index contributed by atoms with van der Waals surface area (Å²) >= 11 is 6.19. The first-order valence-corrected chi connectivity index (χ1v) is 5.62. The van der Waals surface area contributed by atoms with Crippen molar-refractivity contribution in [3.05, 3.63) is 58.5 Å². The Kier molecular flexibility index (Phi) is 3.65. The fourth-order valence-corrected chi connectivity index (χ4v) is 1.77. The number of hydrogen-bond acceptors (Lipinski definition) is 2. The van der Waals surface area contributed by atoms with Crippen LogP contribution in [0.15, 0.2) is 41.0 Å². The lowest BCUT2D eigenvalue weighted by Crippen LogP contribution is -2.12. The van der Waals surface area contributed by atoms with Crippen LogP contribution in [-0.2, 0) is 13.1 Å². The van der Waals surface area contributed by atoms with Crippen molar-refractivity contribution in [2.24, 2.45) is 0 Å². The van der Waals surface area contributed by atoms with Crippen molar-refractivity contribution in [3.8, 4) is 0 Å². The number of furan rings is 1. The first-order valence-electron chi connectivity index (χ1n) is 5.24. The van der Waals surface area contributed by atoms with E-state index < -0.39 is 0 Å². The minimum Gasteiger partial charge on any atom is -0.468 e. The van der Waals surface area contributed by atoms with Crippen LogP contribution in [0.4, 0.5) is 0 Å². The number of hydrogen-bond donors (Lipinski definition) is 1. The SMILES string of the molecule is Cc1cccc(CNCc2ccco2)c1Cl. The van der Waals surface area contributed by atoms with Crippen LogP contribution in [0.3, 0.4) is 0 Å². The molecule has 16 heavy (non-hydrogen) atoms. The van der Waals surface area contributed by atoms with Gasteiger partial charge in [-0.1, -0.05) is 29.8 Å². The molecule has 0 aliphatic heterocycles. The third-order valence-electron chi connectivity index (χ3n) is 2.47. The van der Waals surface area contributed by atoms with Crippen LogP contribution in [0.2, 0.25) is 5.02 Å². The molecule has 1 N–H and O–H groups in total. The Hall–Kier alpha value is -1.25. The van der Waals surface area contributed by atoms with E-state index in [9.17, 15) is 0 Å². The Balaban J connectivity index is 1.92. The number of nitrogens with one attached hydrogen (secondary N) is 1. The van der Waals surface area contributed by atoms with Gasteiger partial charge in [0.15, 0.2) is 0 Å². The molecular weight excluding hydrogens is 222 g/mol. The average Bonchev–Trinajstić information content (AvgIpc) is 2.77. The molecule has 0 unspecified atom stereocenters. The van der Waals surface area contributed by atoms with Gasteiger partial charge in [0.25, 0.3) is 0 Å². The average molecular weight is 236 g/mol. The normalized spacial score (nSPS) is 10.6. The van der Waals surface area contributed by atoms with Crippen molar-refractivity contribution in [1.29, 1.82) is 0 Å². The second-order valence-corrected chi connectivity index (χ2v) is 4.11. The van der Waals surface area contributed by atoms with Gasteiger partial charge in [0.2, 0.25) is 0 Å². The Morgan fingerprint density at radius 1 is 1.19 bits per heavy atom. The summed E-state index contributed by atoms with van der Waals surface area (Å²) in [6.45, 7) is 3.48. The predicted octanol–water partition coefficient (Wildman–Crippen LogP) is 3.53. The third kappa shape index (κ3) is 2.65. The van der Waals surface area contributed by atoms with Gasteiger partial charge in [-0.2, -0.15) is 0 Å². The van der Waals surface area contributed by atoms with E-state index >= 15 is 0 Å². The Bertz CT molecular complexity index is 451. The number of halogens is 1. The molecule has 0 aliphatic carbocycles. The molecule has 2 aromatic rings. The summed E-state index contributed by atoms with van der Waals surface area (Å²) in [6, 6.07) is 9.90. The fourth-order valence-electron chi connectivity index (χ4n) is 1.58. The molecule has 0 saturated carbocycles. The molecule has 0 atom stereocenters. The summed E-state index contributed by atoms with van der Waals surface area (Å²) in [5.41, 5.74) is 2.23. The summed E-state index contributed by atoms with van der Waals surface area (Å²) in [5.74, 6) is 0.934. The van der Waals surface area contributed by atoms with Crippen LogP contribution < -0.4 is 5.32 Å². The Labute approximate surface area is 100 Å². The Morgan fingerprint density at radius 3 is 2.81 bits per heavy atom. The molecule has 0 amide bonds. The maximum Gasteiger partial charge on any atom is 0.117 e. The maximum absolute atomic E-state index is 6.19. The standard InChI is InChI=1S/C13H14ClNO/c1-10-4-2-5-11(13(10)14)8-15-9-12-6-3-7-16-12/h2-7,15H,8-9H2,1H3. The van der Waals surface area contributed by atoms with Crippen LogP contribution in [0.5, 0.6) is 0 Å². The molecule has 0 radical (unpaired) electrons. The summed E-state index contributed by atoms with van der Waals surface area (Å²) in [5, 5.41) is 4.14. The highest BCUT2D eigenvalue weighted by atomic mass is 35.5. The van der Waals surface area contributed by atoms with E-state index in [2.05, 4.69) is 5.32 Å². The van der Waals surface area contributed by atoms with Gasteiger partial charge in [0.05, 0.1) is 12.8 Å². The molecule has 1 heterocycles. The molecule has 2 rings (SSSR count). The van der Waals surface area contributed by atoms with E-state index in [0.29, 0.717) is 0 Å². The quantitative estimate of drug-likeness (QED) is 0.877. The van der Waals surface area contributed by atoms with Crippen molar-refractivity contribution in [2.45, 2.75) is 20.0 Å². The lowest BCUT2D eigenvalue weighted by Gasteiger charge is -2.07. The minimum absolute atomic E-state index is 0.720. The zero-order valence-electron chi connectivity index (χ0n) is 9.16. The van der Waals surface area contributed by atoms with Crippen molar-refractivity contribution < 1.29 is 4.42 Å². The van der Waals surface area contributed by atoms with E-state index in [1.165, 1.54) is 0 Å². The topological polar surface area (TPSA) is 25.2 Å². The highest BCUT2D eigenvalue weighted by Crippen LogP contribution is 2.19. The van der Waals surface area contributed by atoms with Crippen LogP contribution in [-0.4, -0.2) is 0 Å². The highest BCUT2D eigenvalue weighted by Gasteiger charge is 2.02. The van der Waals surface area contributed by atoms with Gasteiger partial charge in [-0.3, -0.25) is 0 Å². The van der Waals surface area contributed by atoms with Crippen LogP contribution in [0.1, 0.15) is 16.9 Å². The zero-order valence-corrected chi connectivity index (χ0v) is 9.92. The molecule has 3 heteroatoms. The first-order chi connectivity index (χ1) is 7.77. The van der Waals surface area contributed by atoms with E-state index in [4.69, 9.17) is 16.0 Å². The second-order valence-electron chi connectivity index (χ2n) is 3.73. The fraction of sp³-hybridized carbons (Fsp3) is 0.231. The first kappa shape index (κ1) is 11.2. The highest BCUT2D eigenvalue weighted by molar-refractivity contribution is 6.32. The van der Waals surface area contributed by atoms with Crippen LogP contribution in [0.25, 0.3) is 0 Å². The largest absolute Gasteiger partial charge is 0.468 e. The molecule has 2 nitrogen and oxygen atoms in total. The predicted molar refractivity (Wildman–Crippen MR) is 65.4 cm³/mol. The number of benzene rings is 1. The minimum atomic E-state index is 0.720. The molecule has 0 aliphatic rings. The van der Waals surface area contributed by atoms with E-state index in [-0.39, 0.29) is 0 Å². The lowest BCUT2D eigenvalue weighted by atomic mass is 10.1. The van der Waals surface area contributed by atoms with Crippen molar-refractivity contribution in [1.82, 2.24) is 5.32 Å². The second kappa shape index (κ2) is 5.19. The maximum atomic E-state index is 6.19. The third-order valence-corrected chi connectivity index (χ3v) is 3.01. The molecule has 0 bridgehead atoms. The molecular formula is C13H14ClNO. The Morgan fingerprint density at radius 2 is 2.06 bits per heavy atom. The van der Waals surface area contributed by atoms with E-state index in [1.54, 1.807) is 6.26 Å². The molecule has 1 aromatic heterocycles. The van der Waals surface area contributed by atoms with Crippen LogP contribution in [0, 0.1) is 6.92 Å². The molecule has 1 aromatic carbocycles. The number of rotatable bonds is 4. The van der Waals surface area contributed by atoms with Crippen molar-refractivity contribution in [2.75, 3.05) is 0 Å². The molecule has 84 valence electrons. The smallest absolute Gasteiger partial charge is 0.117 e. The van der Waals surface area contributed by atoms with Gasteiger partial charge in [0, 0.05) is 11.6 Å². The molecule has 0 saturated heterocycles. The van der Waals surface area contributed by atoms with Gasteiger partial charge < -0.3 is 9.73 Å². The van der Waals surface area contributed by atoms with Gasteiger partial charge >= 0.3 is 0 Å². The van der Waals surface area contributed by atoms with E-state index in [1.807, 2.05) is 37.3 Å². The summed E-state index contributed by atoms with van der Waals surface area (Å²) in [7, 11) is 0. The van der Waals surface area contributed by atoms with Gasteiger partial charge in [-0.15, -0.1) is 0 Å². The van der Waals surface area contributed by atoms with Gasteiger partial charge in [-0.05, 0) is 30.2 Å². The summed E-state index contributed by atoms with van der Waals surface area (Å²) in [4.78, 5) is 0. The zero-order chi connectivity index (χ0) is 11.4. The van der Waals surface area contributed by atoms with Crippen molar-refractivity contribution >= 4 is 11.6 Å². The van der Waals surface area contributed by atoms with Crippen LogP contribution >= 0.6 is 11.6 Å².